The number of carbonyl (C=O) groups excluding carboxylic acids is 4. The number of nitrogens with zero attached hydrogens (tertiary/aromatic N) is 4. The molecule has 4 amide bonds. The number of hydrogen-bond acceptors (Lipinski definition) is 10. The van der Waals surface area contributed by atoms with Crippen molar-refractivity contribution in [1.29, 1.82) is 0 Å². The third kappa shape index (κ3) is 7.29. The lowest BCUT2D eigenvalue weighted by Crippen LogP contribution is -2.58. The molecule has 2 aliphatic carbocycles. The Morgan fingerprint density at radius 1 is 1.15 bits per heavy atom. The first-order valence-electron chi connectivity index (χ1n) is 18.5. The number of fused-ring (bicyclic) bond motifs is 3. The molecule has 5 atom stereocenters. The van der Waals surface area contributed by atoms with Crippen molar-refractivity contribution in [3.63, 3.8) is 0 Å². The standard InChI is InChI=1S/C37H45FN8O7S/c1-4-25-33(41-30-24(38)12-10-14-26(30)39-25)53-23-18-29-32(48)42-37(35(50)45-54(51,52)36(3)15-16-36)19-22(37)11-8-6-5-7-9-13-27(34(49)46(29)20-23)40-31(47)28-17-21(2)43-44-28/h8,10-12,14,17,22-23,27,29H,4-7,9,13,15-16,18-20H2,1-3H3,(H,40,47)(H,42,48)(H,43,44)(H,45,50)/t22-,23-,27+,29+,37-/m1/s1. The smallest absolute Gasteiger partial charge is 0.272 e. The molecular weight excluding hydrogens is 720 g/mol. The number of aryl methyl sites for hydroxylation is 2. The van der Waals surface area contributed by atoms with Crippen LogP contribution in [-0.4, -0.2) is 92.1 Å². The highest BCUT2D eigenvalue weighted by atomic mass is 32.2. The Kier molecular flexibility index (Phi) is 9.95. The van der Waals surface area contributed by atoms with Crippen molar-refractivity contribution in [3.8, 4) is 5.88 Å². The summed E-state index contributed by atoms with van der Waals surface area (Å²) in [6.07, 6.45) is 7.40. The molecule has 17 heteroatoms. The lowest BCUT2D eigenvalue weighted by atomic mass is 10.0. The summed E-state index contributed by atoms with van der Waals surface area (Å²) in [6, 6.07) is 3.81. The maximum atomic E-state index is 14.8. The number of amides is 4. The first kappa shape index (κ1) is 37.4. The number of H-pyrrole nitrogens is 1. The van der Waals surface area contributed by atoms with Gasteiger partial charge in [-0.05, 0) is 77.0 Å². The quantitative estimate of drug-likeness (QED) is 0.247. The minimum absolute atomic E-state index is 0.0125. The molecule has 4 N–H and O–H groups in total. The second-order valence-corrected chi connectivity index (χ2v) is 17.3. The van der Waals surface area contributed by atoms with Crippen LogP contribution in [0.2, 0.25) is 0 Å². The normalized spacial score (nSPS) is 26.9. The zero-order valence-electron chi connectivity index (χ0n) is 30.5. The van der Waals surface area contributed by atoms with Gasteiger partial charge in [-0.25, -0.2) is 22.8 Å². The maximum absolute atomic E-state index is 14.8. The van der Waals surface area contributed by atoms with Gasteiger partial charge >= 0.3 is 0 Å². The summed E-state index contributed by atoms with van der Waals surface area (Å²) in [5.74, 6) is -3.58. The fourth-order valence-electron chi connectivity index (χ4n) is 7.26. The van der Waals surface area contributed by atoms with Crippen LogP contribution in [0.4, 0.5) is 4.39 Å². The van der Waals surface area contributed by atoms with Gasteiger partial charge in [-0.1, -0.05) is 38.0 Å². The van der Waals surface area contributed by atoms with Crippen molar-refractivity contribution in [3.05, 3.63) is 59.3 Å². The summed E-state index contributed by atoms with van der Waals surface area (Å²) < 4.78 is 48.5. The molecule has 1 aromatic carbocycles. The fourth-order valence-corrected chi connectivity index (χ4v) is 8.57. The number of hydrogen-bond donors (Lipinski definition) is 4. The van der Waals surface area contributed by atoms with Crippen LogP contribution in [0, 0.1) is 18.7 Å². The molecule has 0 unspecified atom stereocenters. The Balaban J connectivity index is 1.21. The SMILES string of the molecule is CCc1nc2cccc(F)c2nc1O[C@@H]1C[C@H]2C(=O)N[C@]3(C(=O)NS(=O)(=O)C4(C)CC4)C[C@H]3C=CCCCCC[C@H](NC(=O)c3cc(C)[nH]n3)C(=O)N2C1. The molecular formula is C37H45FN8O7S. The van der Waals surface area contributed by atoms with Crippen LogP contribution in [0.1, 0.15) is 93.5 Å². The summed E-state index contributed by atoms with van der Waals surface area (Å²) in [5, 5.41) is 12.4. The van der Waals surface area contributed by atoms with Crippen molar-refractivity contribution >= 4 is 44.7 Å². The van der Waals surface area contributed by atoms with Gasteiger partial charge < -0.3 is 20.3 Å². The van der Waals surface area contributed by atoms with E-state index in [2.05, 4.69) is 35.5 Å². The van der Waals surface area contributed by atoms with Gasteiger partial charge in [-0.2, -0.15) is 5.10 Å². The Labute approximate surface area is 312 Å². The van der Waals surface area contributed by atoms with Gasteiger partial charge in [-0.3, -0.25) is 29.0 Å². The highest BCUT2D eigenvalue weighted by Crippen LogP contribution is 2.47. The fraction of sp³-hybridized carbons (Fsp3) is 0.541. The predicted molar refractivity (Wildman–Crippen MR) is 194 cm³/mol. The van der Waals surface area contributed by atoms with E-state index < -0.39 is 73.9 Å². The molecule has 0 radical (unpaired) electrons. The molecule has 54 heavy (non-hydrogen) atoms. The van der Waals surface area contributed by atoms with Crippen molar-refractivity contribution < 1.29 is 36.7 Å². The molecule has 2 aliphatic heterocycles. The van der Waals surface area contributed by atoms with Crippen LogP contribution in [-0.2, 0) is 30.8 Å². The number of benzene rings is 1. The van der Waals surface area contributed by atoms with Crippen LogP contribution in [0.25, 0.3) is 11.0 Å². The molecule has 4 aliphatic rings. The molecule has 3 aromatic rings. The van der Waals surface area contributed by atoms with E-state index in [0.29, 0.717) is 49.0 Å². The average molecular weight is 765 g/mol. The number of carbonyl (C=O) groups is 4. The zero-order chi connectivity index (χ0) is 38.4. The van der Waals surface area contributed by atoms with E-state index >= 15 is 0 Å². The third-order valence-electron chi connectivity index (χ3n) is 11.0. The average Bonchev–Trinajstić information content (AvgIpc) is 3.94. The van der Waals surface area contributed by atoms with Gasteiger partial charge in [0.05, 0.1) is 16.8 Å². The molecule has 1 saturated heterocycles. The number of aromatic nitrogens is 4. The molecule has 15 nitrogen and oxygen atoms in total. The molecule has 0 spiro atoms. The van der Waals surface area contributed by atoms with Gasteiger partial charge in [0.1, 0.15) is 40.6 Å². The van der Waals surface area contributed by atoms with Crippen molar-refractivity contribution in [2.75, 3.05) is 6.54 Å². The highest BCUT2D eigenvalue weighted by molar-refractivity contribution is 7.91. The van der Waals surface area contributed by atoms with Gasteiger partial charge in [0, 0.05) is 18.0 Å². The molecule has 7 rings (SSSR count). The monoisotopic (exact) mass is 764 g/mol. The van der Waals surface area contributed by atoms with E-state index in [9.17, 15) is 32.0 Å². The minimum atomic E-state index is -4.01. The second kappa shape index (κ2) is 14.4. The van der Waals surface area contributed by atoms with E-state index in [-0.39, 0.29) is 42.9 Å². The third-order valence-corrected chi connectivity index (χ3v) is 13.2. The maximum Gasteiger partial charge on any atom is 0.272 e. The summed E-state index contributed by atoms with van der Waals surface area (Å²) >= 11 is 0. The summed E-state index contributed by atoms with van der Waals surface area (Å²) in [5.41, 5.74) is 0.0431. The van der Waals surface area contributed by atoms with Crippen molar-refractivity contribution in [2.45, 2.75) is 113 Å². The van der Waals surface area contributed by atoms with Crippen molar-refractivity contribution in [2.24, 2.45) is 5.92 Å². The van der Waals surface area contributed by atoms with Gasteiger partial charge in [0.25, 0.3) is 11.8 Å². The first-order chi connectivity index (χ1) is 25.7. The number of rotatable bonds is 8. The molecule has 3 fully saturated rings. The lowest BCUT2D eigenvalue weighted by molar-refractivity contribution is -0.141. The second-order valence-electron chi connectivity index (χ2n) is 15.1. The van der Waals surface area contributed by atoms with E-state index in [1.54, 1.807) is 26.0 Å². The van der Waals surface area contributed by atoms with E-state index in [4.69, 9.17) is 4.74 Å². The van der Waals surface area contributed by atoms with E-state index in [0.717, 1.165) is 12.8 Å². The summed E-state index contributed by atoms with van der Waals surface area (Å²) in [4.78, 5) is 66.4. The predicted octanol–water partition coefficient (Wildman–Crippen LogP) is 2.90. The minimum Gasteiger partial charge on any atom is -0.471 e. The number of allylic oxidation sites excluding steroid dienone is 1. The van der Waals surface area contributed by atoms with E-state index in [1.165, 1.54) is 17.0 Å². The molecule has 0 bridgehead atoms. The summed E-state index contributed by atoms with van der Waals surface area (Å²) in [7, 11) is -4.01. The van der Waals surface area contributed by atoms with Crippen molar-refractivity contribution in [1.82, 2.24) is 40.4 Å². The lowest BCUT2D eigenvalue weighted by Gasteiger charge is -2.30. The summed E-state index contributed by atoms with van der Waals surface area (Å²) in [6.45, 7) is 5.07. The highest BCUT2D eigenvalue weighted by Gasteiger charge is 2.63. The van der Waals surface area contributed by atoms with Crippen LogP contribution in [0.3, 0.4) is 0 Å². The molecule has 2 saturated carbocycles. The Bertz CT molecular complexity index is 2140. The zero-order valence-corrected chi connectivity index (χ0v) is 31.3. The van der Waals surface area contributed by atoms with Gasteiger partial charge in [0.2, 0.25) is 27.7 Å². The van der Waals surface area contributed by atoms with Crippen LogP contribution < -0.4 is 20.1 Å². The molecule has 288 valence electrons. The topological polar surface area (TPSA) is 205 Å². The first-order valence-corrected chi connectivity index (χ1v) is 20.0. The number of para-hydroxylation sites is 1. The van der Waals surface area contributed by atoms with Crippen LogP contribution in [0.15, 0.2) is 36.4 Å². The Morgan fingerprint density at radius 2 is 1.94 bits per heavy atom. The largest absolute Gasteiger partial charge is 0.471 e. The van der Waals surface area contributed by atoms with Gasteiger partial charge in [0.15, 0.2) is 5.82 Å². The number of halogens is 1. The number of aromatic amines is 1. The van der Waals surface area contributed by atoms with Crippen LogP contribution in [0.5, 0.6) is 5.88 Å². The molecule has 2 aromatic heterocycles. The number of ether oxygens (including phenoxy) is 1. The number of nitrogens with one attached hydrogen (secondary N) is 4. The Morgan fingerprint density at radius 3 is 2.67 bits per heavy atom. The van der Waals surface area contributed by atoms with Crippen LogP contribution >= 0.6 is 0 Å². The van der Waals surface area contributed by atoms with E-state index in [1.807, 2.05) is 19.1 Å². The Hall–Kier alpha value is -4.93. The molecule has 4 heterocycles. The van der Waals surface area contributed by atoms with Gasteiger partial charge in [-0.15, -0.1) is 0 Å². The number of sulfonamides is 1.